The Kier molecular flexibility index (Phi) is 4.46. The molecular weight excluding hydrogens is 218 g/mol. The third-order valence-corrected chi connectivity index (χ3v) is 2.45. The summed E-state index contributed by atoms with van der Waals surface area (Å²) in [4.78, 5) is 1.73. The first-order chi connectivity index (χ1) is 8.13. The van der Waals surface area contributed by atoms with E-state index in [4.69, 9.17) is 16.4 Å². The van der Waals surface area contributed by atoms with Crippen molar-refractivity contribution in [1.82, 2.24) is 14.7 Å². The molecule has 0 unspecified atom stereocenters. The van der Waals surface area contributed by atoms with Crippen molar-refractivity contribution < 1.29 is 0 Å². The minimum atomic E-state index is 0.200. The molecule has 0 atom stereocenters. The van der Waals surface area contributed by atoms with Crippen molar-refractivity contribution in [2.75, 3.05) is 18.5 Å². The van der Waals surface area contributed by atoms with Gasteiger partial charge in [-0.15, -0.1) is 0 Å². The van der Waals surface area contributed by atoms with Gasteiger partial charge in [0.15, 0.2) is 0 Å². The van der Waals surface area contributed by atoms with Crippen LogP contribution in [-0.4, -0.2) is 27.8 Å². The Morgan fingerprint density at radius 1 is 1.41 bits per heavy atom. The number of aromatic nitrogens is 2. The van der Waals surface area contributed by atoms with Crippen LogP contribution in [0.2, 0.25) is 0 Å². The molecule has 7 heteroatoms. The first kappa shape index (κ1) is 13.0. The van der Waals surface area contributed by atoms with Gasteiger partial charge in [0.1, 0.15) is 5.82 Å². The minimum Gasteiger partial charge on any atom is -0.308 e. The maximum absolute atomic E-state index is 8.68. The van der Waals surface area contributed by atoms with Gasteiger partial charge < -0.3 is 5.43 Å². The topological polar surface area (TPSA) is 107 Å². The minimum absolute atomic E-state index is 0.200. The second-order valence-corrected chi connectivity index (χ2v) is 3.64. The maximum Gasteiger partial charge on any atom is 0.142 e. The molecule has 90 valence electrons. The molecule has 0 radical (unpaired) electrons. The number of rotatable bonds is 5. The summed E-state index contributed by atoms with van der Waals surface area (Å²) in [6.07, 6.45) is 0. The number of nitriles is 2. The van der Waals surface area contributed by atoms with Gasteiger partial charge in [0.2, 0.25) is 0 Å². The number of nitrogens with one attached hydrogen (secondary N) is 1. The predicted octanol–water partition coefficient (Wildman–Crippen LogP) is -0.137. The van der Waals surface area contributed by atoms with E-state index >= 15 is 0 Å². The molecule has 0 amide bonds. The summed E-state index contributed by atoms with van der Waals surface area (Å²) in [7, 11) is 1.78. The highest BCUT2D eigenvalue weighted by Crippen LogP contribution is 2.19. The highest BCUT2D eigenvalue weighted by atomic mass is 15.4. The fourth-order valence-electron chi connectivity index (χ4n) is 1.66. The number of hydrogen-bond donors (Lipinski definition) is 2. The van der Waals surface area contributed by atoms with Crippen LogP contribution in [0.5, 0.6) is 0 Å². The SMILES string of the molecule is Cc1nn(C)c(NN)c1CN(CC#N)CC#N. The van der Waals surface area contributed by atoms with Crippen LogP contribution < -0.4 is 11.3 Å². The molecule has 0 fully saturated rings. The molecule has 1 aromatic heterocycles. The Labute approximate surface area is 100.0 Å². The molecule has 0 aliphatic rings. The molecular formula is C10H15N7. The molecule has 0 saturated heterocycles. The summed E-state index contributed by atoms with van der Waals surface area (Å²) in [5, 5.41) is 21.6. The number of nitrogens with zero attached hydrogens (tertiary/aromatic N) is 5. The highest BCUT2D eigenvalue weighted by molar-refractivity contribution is 5.46. The van der Waals surface area contributed by atoms with Gasteiger partial charge >= 0.3 is 0 Å². The molecule has 0 aliphatic carbocycles. The van der Waals surface area contributed by atoms with E-state index in [1.165, 1.54) is 0 Å². The molecule has 0 spiro atoms. The van der Waals surface area contributed by atoms with Gasteiger partial charge in [-0.25, -0.2) is 5.84 Å². The average molecular weight is 233 g/mol. The molecule has 1 aromatic rings. The van der Waals surface area contributed by atoms with Crippen LogP contribution in [0.25, 0.3) is 0 Å². The second kappa shape index (κ2) is 5.85. The van der Waals surface area contributed by atoms with E-state index in [1.54, 1.807) is 16.6 Å². The van der Waals surface area contributed by atoms with Crippen LogP contribution in [0.1, 0.15) is 11.3 Å². The van der Waals surface area contributed by atoms with E-state index in [1.807, 2.05) is 19.1 Å². The van der Waals surface area contributed by atoms with Gasteiger partial charge in [-0.1, -0.05) is 0 Å². The van der Waals surface area contributed by atoms with Gasteiger partial charge in [-0.2, -0.15) is 15.6 Å². The first-order valence-electron chi connectivity index (χ1n) is 5.09. The molecule has 17 heavy (non-hydrogen) atoms. The summed E-state index contributed by atoms with van der Waals surface area (Å²) in [5.74, 6) is 6.13. The average Bonchev–Trinajstić information content (AvgIpc) is 2.54. The van der Waals surface area contributed by atoms with Crippen molar-refractivity contribution in [3.8, 4) is 12.1 Å². The van der Waals surface area contributed by atoms with Gasteiger partial charge in [-0.3, -0.25) is 9.58 Å². The molecule has 1 rings (SSSR count). The Hall–Kier alpha value is -2.09. The summed E-state index contributed by atoms with van der Waals surface area (Å²) in [6, 6.07) is 4.07. The van der Waals surface area contributed by atoms with Crippen LogP contribution in [0.4, 0.5) is 5.82 Å². The molecule has 7 nitrogen and oxygen atoms in total. The Balaban J connectivity index is 2.93. The Morgan fingerprint density at radius 2 is 2.00 bits per heavy atom. The van der Waals surface area contributed by atoms with Crippen molar-refractivity contribution >= 4 is 5.82 Å². The van der Waals surface area contributed by atoms with Crippen molar-refractivity contribution in [3.63, 3.8) is 0 Å². The van der Waals surface area contributed by atoms with E-state index in [0.29, 0.717) is 12.4 Å². The second-order valence-electron chi connectivity index (χ2n) is 3.64. The number of hydrazine groups is 1. The zero-order valence-electron chi connectivity index (χ0n) is 9.93. The summed E-state index contributed by atoms with van der Waals surface area (Å²) < 4.78 is 1.64. The van der Waals surface area contributed by atoms with Crippen LogP contribution in [0, 0.1) is 29.6 Å². The quantitative estimate of drug-likeness (QED) is 0.416. The van der Waals surface area contributed by atoms with Gasteiger partial charge in [0.05, 0.1) is 30.9 Å². The van der Waals surface area contributed by atoms with Crippen LogP contribution in [0.3, 0.4) is 0 Å². The third-order valence-electron chi connectivity index (χ3n) is 2.45. The Morgan fingerprint density at radius 3 is 2.47 bits per heavy atom. The number of hydrogen-bond acceptors (Lipinski definition) is 6. The number of anilines is 1. The lowest BCUT2D eigenvalue weighted by atomic mass is 10.2. The molecule has 0 aliphatic heterocycles. The van der Waals surface area contributed by atoms with Crippen molar-refractivity contribution in [3.05, 3.63) is 11.3 Å². The van der Waals surface area contributed by atoms with E-state index in [-0.39, 0.29) is 13.1 Å². The van der Waals surface area contributed by atoms with Crippen LogP contribution in [0.15, 0.2) is 0 Å². The van der Waals surface area contributed by atoms with Crippen molar-refractivity contribution in [1.29, 1.82) is 10.5 Å². The summed E-state index contributed by atoms with van der Waals surface area (Å²) in [6.45, 7) is 2.74. The molecule has 0 aromatic carbocycles. The highest BCUT2D eigenvalue weighted by Gasteiger charge is 2.15. The van der Waals surface area contributed by atoms with E-state index < -0.39 is 0 Å². The Bertz CT molecular complexity index is 446. The zero-order valence-corrected chi connectivity index (χ0v) is 9.93. The fraction of sp³-hybridized carbons (Fsp3) is 0.500. The lowest BCUT2D eigenvalue weighted by Crippen LogP contribution is -2.25. The van der Waals surface area contributed by atoms with Crippen molar-refractivity contribution in [2.24, 2.45) is 12.9 Å². The smallest absolute Gasteiger partial charge is 0.142 e. The monoisotopic (exact) mass is 233 g/mol. The lowest BCUT2D eigenvalue weighted by Gasteiger charge is -2.15. The van der Waals surface area contributed by atoms with E-state index in [0.717, 1.165) is 11.3 Å². The number of nitrogen functional groups attached to an aromatic ring is 1. The van der Waals surface area contributed by atoms with Crippen LogP contribution in [-0.2, 0) is 13.6 Å². The first-order valence-corrected chi connectivity index (χ1v) is 5.09. The molecule has 1 heterocycles. The lowest BCUT2D eigenvalue weighted by molar-refractivity contribution is 0.334. The molecule has 3 N–H and O–H groups in total. The standard InChI is InChI=1S/C10H15N7/c1-8-9(10(14-13)16(2)15-8)7-17(5-3-11)6-4-12/h14H,5-7,13H2,1-2H3. The van der Waals surface area contributed by atoms with E-state index in [2.05, 4.69) is 10.5 Å². The van der Waals surface area contributed by atoms with E-state index in [9.17, 15) is 0 Å². The van der Waals surface area contributed by atoms with Gasteiger partial charge in [-0.05, 0) is 6.92 Å². The zero-order chi connectivity index (χ0) is 12.8. The normalized spacial score (nSPS) is 10.0. The van der Waals surface area contributed by atoms with Crippen molar-refractivity contribution in [2.45, 2.75) is 13.5 Å². The maximum atomic E-state index is 8.68. The predicted molar refractivity (Wildman–Crippen MR) is 62.3 cm³/mol. The summed E-state index contributed by atoms with van der Waals surface area (Å²) >= 11 is 0. The largest absolute Gasteiger partial charge is 0.308 e. The molecule has 0 saturated carbocycles. The van der Waals surface area contributed by atoms with Crippen LogP contribution >= 0.6 is 0 Å². The number of nitrogens with two attached hydrogens (primary N) is 1. The molecule has 0 bridgehead atoms. The number of aryl methyl sites for hydroxylation is 2. The summed E-state index contributed by atoms with van der Waals surface area (Å²) in [5.41, 5.74) is 4.32. The third kappa shape index (κ3) is 2.94. The van der Waals surface area contributed by atoms with Gasteiger partial charge in [0, 0.05) is 19.2 Å². The van der Waals surface area contributed by atoms with Gasteiger partial charge in [0.25, 0.3) is 0 Å². The fourth-order valence-corrected chi connectivity index (χ4v) is 1.66.